The first-order chi connectivity index (χ1) is 10.8. The van der Waals surface area contributed by atoms with Crippen LogP contribution in [0.25, 0.3) is 5.78 Å². The molecule has 3 aromatic rings. The van der Waals surface area contributed by atoms with Gasteiger partial charge in [-0.3, -0.25) is 0 Å². The molecule has 0 aromatic carbocycles. The van der Waals surface area contributed by atoms with Crippen molar-refractivity contribution >= 4 is 11.6 Å². The second-order valence-corrected chi connectivity index (χ2v) is 5.53. The lowest BCUT2D eigenvalue weighted by Crippen LogP contribution is -2.08. The highest BCUT2D eigenvalue weighted by Crippen LogP contribution is 2.38. The highest BCUT2D eigenvalue weighted by molar-refractivity contribution is 5.45. The predicted octanol–water partition coefficient (Wildman–Crippen LogP) is 1.95. The van der Waals surface area contributed by atoms with Gasteiger partial charge >= 0.3 is 0 Å². The first kappa shape index (κ1) is 13.2. The number of rotatable bonds is 6. The third-order valence-electron chi connectivity index (χ3n) is 3.66. The van der Waals surface area contributed by atoms with E-state index in [1.54, 1.807) is 4.52 Å². The van der Waals surface area contributed by atoms with Gasteiger partial charge < -0.3 is 9.84 Å². The minimum Gasteiger partial charge on any atom is -0.361 e. The van der Waals surface area contributed by atoms with Crippen molar-refractivity contribution in [3.05, 3.63) is 29.8 Å². The molecule has 1 aliphatic rings. The Hall–Kier alpha value is -2.51. The van der Waals surface area contributed by atoms with Crippen LogP contribution in [0.15, 0.2) is 16.9 Å². The zero-order valence-electron chi connectivity index (χ0n) is 12.4. The average Bonchev–Trinajstić information content (AvgIpc) is 3.08. The molecule has 8 nitrogen and oxygen atoms in total. The topological polar surface area (TPSA) is 94.0 Å². The van der Waals surface area contributed by atoms with E-state index in [1.165, 1.54) is 6.33 Å². The fourth-order valence-corrected chi connectivity index (χ4v) is 2.38. The zero-order valence-corrected chi connectivity index (χ0v) is 12.4. The number of fused-ring (bicyclic) bond motifs is 1. The molecule has 0 amide bonds. The molecule has 3 heterocycles. The van der Waals surface area contributed by atoms with Crippen molar-refractivity contribution < 1.29 is 4.52 Å². The van der Waals surface area contributed by atoms with Gasteiger partial charge in [0.2, 0.25) is 5.89 Å². The zero-order chi connectivity index (χ0) is 14.9. The SMILES string of the molecule is CCCc1cc(NCc2nc(C3CC3)no2)n2ncnc2n1. The summed E-state index contributed by atoms with van der Waals surface area (Å²) in [5, 5.41) is 11.5. The van der Waals surface area contributed by atoms with Gasteiger partial charge in [0.05, 0.1) is 6.54 Å². The van der Waals surface area contributed by atoms with E-state index < -0.39 is 0 Å². The molecule has 114 valence electrons. The van der Waals surface area contributed by atoms with Crippen molar-refractivity contribution in [1.29, 1.82) is 0 Å². The largest absolute Gasteiger partial charge is 0.361 e. The number of nitrogens with one attached hydrogen (secondary N) is 1. The van der Waals surface area contributed by atoms with Crippen molar-refractivity contribution in [3.8, 4) is 0 Å². The van der Waals surface area contributed by atoms with E-state index >= 15 is 0 Å². The van der Waals surface area contributed by atoms with Crippen molar-refractivity contribution in [2.45, 2.75) is 45.1 Å². The monoisotopic (exact) mass is 299 g/mol. The minimum absolute atomic E-state index is 0.463. The van der Waals surface area contributed by atoms with E-state index in [2.05, 4.69) is 37.4 Å². The average molecular weight is 299 g/mol. The van der Waals surface area contributed by atoms with E-state index in [1.807, 2.05) is 6.07 Å². The number of nitrogens with zero attached hydrogens (tertiary/aromatic N) is 6. The molecule has 3 aromatic heterocycles. The van der Waals surface area contributed by atoms with Gasteiger partial charge in [-0.2, -0.15) is 19.6 Å². The molecule has 0 atom stereocenters. The summed E-state index contributed by atoms with van der Waals surface area (Å²) in [6.45, 7) is 2.59. The minimum atomic E-state index is 0.463. The standard InChI is InChI=1S/C14H17N7O/c1-2-3-10-6-11(21-14(18-10)16-8-17-21)15-7-12-19-13(20-22-12)9-4-5-9/h6,8-9,15H,2-5,7H2,1H3. The van der Waals surface area contributed by atoms with Crippen molar-refractivity contribution in [2.24, 2.45) is 0 Å². The van der Waals surface area contributed by atoms with Gasteiger partial charge in [0.1, 0.15) is 12.1 Å². The summed E-state index contributed by atoms with van der Waals surface area (Å²) in [5.41, 5.74) is 0.995. The van der Waals surface area contributed by atoms with Crippen LogP contribution in [0.3, 0.4) is 0 Å². The highest BCUT2D eigenvalue weighted by Gasteiger charge is 2.28. The molecule has 1 fully saturated rings. The molecule has 1 aliphatic carbocycles. The van der Waals surface area contributed by atoms with Crippen LogP contribution in [0.1, 0.15) is 49.5 Å². The van der Waals surface area contributed by atoms with Gasteiger partial charge in [0.15, 0.2) is 5.82 Å². The molecule has 0 aliphatic heterocycles. The lowest BCUT2D eigenvalue weighted by atomic mass is 10.2. The normalized spacial score (nSPS) is 14.6. The Balaban J connectivity index is 1.55. The van der Waals surface area contributed by atoms with Crippen LogP contribution < -0.4 is 5.32 Å². The molecule has 8 heteroatoms. The van der Waals surface area contributed by atoms with E-state index in [0.717, 1.165) is 43.0 Å². The van der Waals surface area contributed by atoms with E-state index in [0.29, 0.717) is 24.1 Å². The van der Waals surface area contributed by atoms with Crippen LogP contribution in [0.5, 0.6) is 0 Å². The highest BCUT2D eigenvalue weighted by atomic mass is 16.5. The first-order valence-electron chi connectivity index (χ1n) is 7.59. The maximum atomic E-state index is 5.27. The van der Waals surface area contributed by atoms with E-state index in [9.17, 15) is 0 Å². The number of anilines is 1. The Labute approximate surface area is 127 Å². The molecule has 0 unspecified atom stereocenters. The predicted molar refractivity (Wildman–Crippen MR) is 78.4 cm³/mol. The lowest BCUT2D eigenvalue weighted by molar-refractivity contribution is 0.377. The summed E-state index contributed by atoms with van der Waals surface area (Å²) in [4.78, 5) is 13.0. The molecule has 4 rings (SSSR count). The Morgan fingerprint density at radius 1 is 1.36 bits per heavy atom. The molecule has 1 saturated carbocycles. The van der Waals surface area contributed by atoms with Crippen molar-refractivity contribution in [2.75, 3.05) is 5.32 Å². The maximum absolute atomic E-state index is 5.27. The van der Waals surface area contributed by atoms with Crippen molar-refractivity contribution in [1.82, 2.24) is 29.7 Å². The van der Waals surface area contributed by atoms with Crippen LogP contribution >= 0.6 is 0 Å². The summed E-state index contributed by atoms with van der Waals surface area (Å²) in [7, 11) is 0. The Bertz CT molecular complexity index is 789. The summed E-state index contributed by atoms with van der Waals surface area (Å²) in [5.74, 6) is 3.33. The number of aryl methyl sites for hydroxylation is 1. The third-order valence-corrected chi connectivity index (χ3v) is 3.66. The quantitative estimate of drug-likeness (QED) is 0.743. The maximum Gasteiger partial charge on any atom is 0.254 e. The van der Waals surface area contributed by atoms with Gasteiger partial charge in [0.25, 0.3) is 5.78 Å². The molecular formula is C14H17N7O. The second kappa shape index (κ2) is 5.36. The number of aromatic nitrogens is 6. The third kappa shape index (κ3) is 2.51. The Morgan fingerprint density at radius 2 is 2.27 bits per heavy atom. The van der Waals surface area contributed by atoms with Crippen LogP contribution in [0.2, 0.25) is 0 Å². The molecule has 1 N–H and O–H groups in total. The van der Waals surface area contributed by atoms with Crippen LogP contribution in [-0.2, 0) is 13.0 Å². The van der Waals surface area contributed by atoms with Gasteiger partial charge in [-0.15, -0.1) is 0 Å². The molecule has 0 radical (unpaired) electrons. The van der Waals surface area contributed by atoms with Crippen molar-refractivity contribution in [3.63, 3.8) is 0 Å². The van der Waals surface area contributed by atoms with E-state index in [-0.39, 0.29) is 0 Å². The van der Waals surface area contributed by atoms with Gasteiger partial charge in [0, 0.05) is 17.7 Å². The summed E-state index contributed by atoms with van der Waals surface area (Å²) >= 11 is 0. The fourth-order valence-electron chi connectivity index (χ4n) is 2.38. The second-order valence-electron chi connectivity index (χ2n) is 5.53. The summed E-state index contributed by atoms with van der Waals surface area (Å²) in [6, 6.07) is 1.99. The molecule has 0 bridgehead atoms. The fraction of sp³-hybridized carbons (Fsp3) is 0.500. The smallest absolute Gasteiger partial charge is 0.254 e. The van der Waals surface area contributed by atoms with Gasteiger partial charge in [-0.05, 0) is 19.3 Å². The first-order valence-corrected chi connectivity index (χ1v) is 7.59. The number of hydrogen-bond acceptors (Lipinski definition) is 7. The molecule has 22 heavy (non-hydrogen) atoms. The molecular weight excluding hydrogens is 282 g/mol. The van der Waals surface area contributed by atoms with Crippen LogP contribution in [-0.4, -0.2) is 29.7 Å². The lowest BCUT2D eigenvalue weighted by Gasteiger charge is -2.07. The summed E-state index contributed by atoms with van der Waals surface area (Å²) < 4.78 is 6.95. The molecule has 0 spiro atoms. The molecule has 0 saturated heterocycles. The Morgan fingerprint density at radius 3 is 3.09 bits per heavy atom. The van der Waals surface area contributed by atoms with E-state index in [4.69, 9.17) is 4.52 Å². The summed E-state index contributed by atoms with van der Waals surface area (Å²) in [6.07, 6.45) is 5.77. The van der Waals surface area contributed by atoms with Crippen LogP contribution in [0.4, 0.5) is 5.82 Å². The van der Waals surface area contributed by atoms with Crippen LogP contribution in [0, 0.1) is 0 Å². The Kier molecular flexibility index (Phi) is 3.21. The van der Waals surface area contributed by atoms with Gasteiger partial charge in [-0.25, -0.2) is 4.98 Å². The van der Waals surface area contributed by atoms with Gasteiger partial charge in [-0.1, -0.05) is 18.5 Å². The number of hydrogen-bond donors (Lipinski definition) is 1.